The summed E-state index contributed by atoms with van der Waals surface area (Å²) in [5.74, 6) is 2.23. The van der Waals surface area contributed by atoms with Crippen LogP contribution in [0.15, 0.2) is 16.6 Å². The molecule has 3 heteroatoms. The van der Waals surface area contributed by atoms with Crippen molar-refractivity contribution in [2.75, 3.05) is 0 Å². The van der Waals surface area contributed by atoms with Crippen molar-refractivity contribution in [2.24, 2.45) is 17.8 Å². The van der Waals surface area contributed by atoms with E-state index in [9.17, 15) is 5.11 Å². The minimum Gasteiger partial charge on any atom is -0.508 e. The first-order valence-corrected chi connectivity index (χ1v) is 8.37. The highest BCUT2D eigenvalue weighted by Gasteiger charge is 2.16. The zero-order valence-electron chi connectivity index (χ0n) is 13.1. The molecule has 0 spiro atoms. The second-order valence-electron chi connectivity index (χ2n) is 6.49. The van der Waals surface area contributed by atoms with E-state index in [0.29, 0.717) is 17.3 Å². The number of halogens is 1. The standard InChI is InChI=1S/C17H26BBrO/c1-11(2)6-5-7-12(3)13(4)8-14-9-15(19)10-16(18)17(14)20/h9-13,20H,5-8H2,1-4H3. The minimum atomic E-state index is 0.245. The van der Waals surface area contributed by atoms with Gasteiger partial charge in [-0.2, -0.15) is 0 Å². The van der Waals surface area contributed by atoms with Crippen LogP contribution in [0, 0.1) is 17.8 Å². The molecule has 0 amide bonds. The normalized spacial score (nSPS) is 14.5. The molecule has 0 aliphatic heterocycles. The van der Waals surface area contributed by atoms with E-state index >= 15 is 0 Å². The molecule has 1 nitrogen and oxygen atoms in total. The van der Waals surface area contributed by atoms with Crippen molar-refractivity contribution in [3.05, 3.63) is 22.2 Å². The average Bonchev–Trinajstić information content (AvgIpc) is 2.34. The monoisotopic (exact) mass is 336 g/mol. The topological polar surface area (TPSA) is 20.2 Å². The summed E-state index contributed by atoms with van der Waals surface area (Å²) in [6.07, 6.45) is 4.71. The molecule has 2 atom stereocenters. The maximum absolute atomic E-state index is 10.1. The lowest BCUT2D eigenvalue weighted by atomic mass is 9.83. The third kappa shape index (κ3) is 5.51. The van der Waals surface area contributed by atoms with Gasteiger partial charge in [0.25, 0.3) is 0 Å². The fourth-order valence-electron chi connectivity index (χ4n) is 2.52. The van der Waals surface area contributed by atoms with Gasteiger partial charge in [0, 0.05) is 4.47 Å². The van der Waals surface area contributed by atoms with Gasteiger partial charge in [0.15, 0.2) is 0 Å². The number of hydrogen-bond acceptors (Lipinski definition) is 1. The Bertz CT molecular complexity index is 431. The third-order valence-corrected chi connectivity index (χ3v) is 4.60. The Labute approximate surface area is 133 Å². The van der Waals surface area contributed by atoms with E-state index < -0.39 is 0 Å². The van der Waals surface area contributed by atoms with Crippen LogP contribution in [0.2, 0.25) is 0 Å². The van der Waals surface area contributed by atoms with Gasteiger partial charge in [0.05, 0.1) is 0 Å². The molecule has 0 heterocycles. The van der Waals surface area contributed by atoms with E-state index in [4.69, 9.17) is 7.85 Å². The molecule has 0 fully saturated rings. The highest BCUT2D eigenvalue weighted by Crippen LogP contribution is 2.27. The van der Waals surface area contributed by atoms with Crippen molar-refractivity contribution < 1.29 is 5.11 Å². The average molecular weight is 337 g/mol. The maximum atomic E-state index is 10.1. The second kappa shape index (κ2) is 8.12. The van der Waals surface area contributed by atoms with Crippen LogP contribution >= 0.6 is 15.9 Å². The number of rotatable bonds is 7. The molecule has 1 aromatic carbocycles. The van der Waals surface area contributed by atoms with Crippen LogP contribution in [-0.4, -0.2) is 13.0 Å². The number of phenolic OH excluding ortho intramolecular Hbond substituents is 1. The molecule has 1 N–H and O–H groups in total. The number of hydrogen-bond donors (Lipinski definition) is 1. The number of benzene rings is 1. The smallest absolute Gasteiger partial charge is 0.119 e. The van der Waals surface area contributed by atoms with Gasteiger partial charge in [-0.15, -0.1) is 0 Å². The molecule has 2 radical (unpaired) electrons. The van der Waals surface area contributed by atoms with Crippen molar-refractivity contribution in [1.29, 1.82) is 0 Å². The Kier molecular flexibility index (Phi) is 7.15. The first-order valence-electron chi connectivity index (χ1n) is 7.58. The Morgan fingerprint density at radius 1 is 1.10 bits per heavy atom. The van der Waals surface area contributed by atoms with Crippen molar-refractivity contribution >= 4 is 29.2 Å². The molecular weight excluding hydrogens is 311 g/mol. The number of phenols is 1. The highest BCUT2D eigenvalue weighted by atomic mass is 79.9. The summed E-state index contributed by atoms with van der Waals surface area (Å²) in [5.41, 5.74) is 1.40. The first kappa shape index (κ1) is 17.6. The van der Waals surface area contributed by atoms with Gasteiger partial charge in [-0.25, -0.2) is 0 Å². The van der Waals surface area contributed by atoms with Gasteiger partial charge in [-0.05, 0) is 35.8 Å². The summed E-state index contributed by atoms with van der Waals surface area (Å²) < 4.78 is 0.933. The molecule has 0 aromatic heterocycles. The fraction of sp³-hybridized carbons (Fsp3) is 0.647. The Morgan fingerprint density at radius 2 is 1.75 bits per heavy atom. The summed E-state index contributed by atoms with van der Waals surface area (Å²) >= 11 is 3.44. The zero-order valence-corrected chi connectivity index (χ0v) is 14.7. The van der Waals surface area contributed by atoms with E-state index in [0.717, 1.165) is 22.4 Å². The molecule has 0 aliphatic rings. The number of aromatic hydroxyl groups is 1. The lowest BCUT2D eigenvalue weighted by molar-refractivity contribution is 0.338. The lowest BCUT2D eigenvalue weighted by Gasteiger charge is -2.21. The SMILES string of the molecule is [B]c1cc(Br)cc(CC(C)C(C)CCCC(C)C)c1O. The van der Waals surface area contributed by atoms with E-state index in [2.05, 4.69) is 43.6 Å². The Hall–Kier alpha value is -0.435. The van der Waals surface area contributed by atoms with Crippen LogP contribution in [0.1, 0.15) is 52.5 Å². The molecule has 0 bridgehead atoms. The molecule has 110 valence electrons. The molecule has 0 saturated carbocycles. The molecule has 1 aromatic rings. The van der Waals surface area contributed by atoms with E-state index in [1.807, 2.05) is 6.07 Å². The Balaban J connectivity index is 2.59. The second-order valence-corrected chi connectivity index (χ2v) is 7.40. The quantitative estimate of drug-likeness (QED) is 0.722. The van der Waals surface area contributed by atoms with Crippen LogP contribution in [0.3, 0.4) is 0 Å². The lowest BCUT2D eigenvalue weighted by Crippen LogP contribution is -2.14. The van der Waals surface area contributed by atoms with Gasteiger partial charge in [0.2, 0.25) is 0 Å². The van der Waals surface area contributed by atoms with Crippen molar-refractivity contribution in [3.8, 4) is 5.75 Å². The predicted octanol–water partition coefficient (Wildman–Crippen LogP) is 4.59. The van der Waals surface area contributed by atoms with E-state index in [1.165, 1.54) is 19.3 Å². The molecule has 0 aliphatic carbocycles. The third-order valence-electron chi connectivity index (χ3n) is 4.14. The fourth-order valence-corrected chi connectivity index (χ4v) is 3.04. The summed E-state index contributed by atoms with van der Waals surface area (Å²) in [4.78, 5) is 0. The van der Waals surface area contributed by atoms with Gasteiger partial charge < -0.3 is 5.11 Å². The summed E-state index contributed by atoms with van der Waals surface area (Å²) in [6, 6.07) is 3.72. The highest BCUT2D eigenvalue weighted by molar-refractivity contribution is 9.10. The summed E-state index contributed by atoms with van der Waals surface area (Å²) in [5, 5.41) is 10.1. The van der Waals surface area contributed by atoms with Crippen LogP contribution in [0.5, 0.6) is 5.75 Å². The van der Waals surface area contributed by atoms with Crippen LogP contribution in [-0.2, 0) is 6.42 Å². The molecular formula is C17H26BBrO. The maximum Gasteiger partial charge on any atom is 0.119 e. The summed E-state index contributed by atoms with van der Waals surface area (Å²) in [6.45, 7) is 9.12. The van der Waals surface area contributed by atoms with E-state index in [1.54, 1.807) is 6.07 Å². The van der Waals surface area contributed by atoms with Crippen LogP contribution in [0.4, 0.5) is 0 Å². The van der Waals surface area contributed by atoms with Gasteiger partial charge >= 0.3 is 0 Å². The molecule has 0 saturated heterocycles. The predicted molar refractivity (Wildman–Crippen MR) is 91.9 cm³/mol. The van der Waals surface area contributed by atoms with E-state index in [-0.39, 0.29) is 5.75 Å². The van der Waals surface area contributed by atoms with Crippen LogP contribution in [0.25, 0.3) is 0 Å². The molecule has 1 rings (SSSR count). The largest absolute Gasteiger partial charge is 0.508 e. The Morgan fingerprint density at radius 3 is 2.35 bits per heavy atom. The first-order chi connectivity index (χ1) is 9.31. The molecule has 20 heavy (non-hydrogen) atoms. The van der Waals surface area contributed by atoms with Crippen molar-refractivity contribution in [3.63, 3.8) is 0 Å². The van der Waals surface area contributed by atoms with Gasteiger partial charge in [0.1, 0.15) is 13.6 Å². The van der Waals surface area contributed by atoms with Crippen LogP contribution < -0.4 is 5.46 Å². The zero-order chi connectivity index (χ0) is 15.3. The van der Waals surface area contributed by atoms with Crippen molar-refractivity contribution in [2.45, 2.75) is 53.4 Å². The minimum absolute atomic E-state index is 0.245. The van der Waals surface area contributed by atoms with Crippen molar-refractivity contribution in [1.82, 2.24) is 0 Å². The van der Waals surface area contributed by atoms with Gasteiger partial charge in [-0.1, -0.05) is 74.4 Å². The molecule has 2 unspecified atom stereocenters. The van der Waals surface area contributed by atoms with Gasteiger partial charge in [-0.3, -0.25) is 0 Å². The summed E-state index contributed by atoms with van der Waals surface area (Å²) in [7, 11) is 5.81.